The summed E-state index contributed by atoms with van der Waals surface area (Å²) < 4.78 is 40.3. The Morgan fingerprint density at radius 1 is 1.33 bits per heavy atom. The third-order valence-electron chi connectivity index (χ3n) is 4.26. The molecule has 1 atom stereocenters. The van der Waals surface area contributed by atoms with Gasteiger partial charge in [0.1, 0.15) is 6.04 Å². The summed E-state index contributed by atoms with van der Waals surface area (Å²) in [7, 11) is 0. The molecule has 1 fully saturated rings. The normalized spacial score (nSPS) is 19.3. The molecule has 1 N–H and O–H groups in total. The topological polar surface area (TPSA) is 32.3 Å². The minimum Gasteiger partial charge on any atom is -0.288 e. The molecule has 0 radical (unpaired) electrons. The molecule has 0 aromatic heterocycles. The Hall–Kier alpha value is -1.27. The molecule has 0 saturated carbocycles. The molecule has 0 bridgehead atoms. The molecule has 1 aromatic rings. The summed E-state index contributed by atoms with van der Waals surface area (Å²) in [6.07, 6.45) is -2.63. The number of hydrazine groups is 1. The molecule has 1 amide bonds. The standard InChI is InChI=1S/C17H22ClF3N2O/c1-16(2)11-15(24)22-23(16)14(17(19,20)21)9-4-3-6-12-7-5-8-13(18)10-12/h5,7-8,10,14H,3-4,6,9,11H2,1-2H3,(H,22,24). The summed E-state index contributed by atoms with van der Waals surface area (Å²) in [6.45, 7) is 3.30. The third-order valence-corrected chi connectivity index (χ3v) is 4.50. The van der Waals surface area contributed by atoms with Crippen LogP contribution < -0.4 is 5.43 Å². The van der Waals surface area contributed by atoms with E-state index in [1.54, 1.807) is 19.9 Å². The molecule has 1 unspecified atom stereocenters. The number of rotatable bonds is 6. The minimum absolute atomic E-state index is 0.0478. The van der Waals surface area contributed by atoms with Crippen LogP contribution >= 0.6 is 11.6 Å². The number of halogens is 4. The van der Waals surface area contributed by atoms with E-state index in [2.05, 4.69) is 5.43 Å². The lowest BCUT2D eigenvalue weighted by Crippen LogP contribution is -2.56. The van der Waals surface area contributed by atoms with E-state index < -0.39 is 17.8 Å². The molecule has 3 nitrogen and oxygen atoms in total. The van der Waals surface area contributed by atoms with Gasteiger partial charge in [-0.25, -0.2) is 5.01 Å². The zero-order chi connectivity index (χ0) is 18.0. The number of hydrogen-bond acceptors (Lipinski definition) is 2. The Kier molecular flexibility index (Phi) is 5.81. The van der Waals surface area contributed by atoms with Gasteiger partial charge in [0.2, 0.25) is 5.91 Å². The number of carbonyl (C=O) groups is 1. The number of alkyl halides is 3. The van der Waals surface area contributed by atoms with Crippen LogP contribution in [-0.4, -0.2) is 28.7 Å². The van der Waals surface area contributed by atoms with E-state index in [-0.39, 0.29) is 18.7 Å². The second kappa shape index (κ2) is 7.31. The molecule has 1 saturated heterocycles. The fourth-order valence-electron chi connectivity index (χ4n) is 3.10. The lowest BCUT2D eigenvalue weighted by molar-refractivity contribution is -0.202. The molecule has 2 rings (SSSR count). The van der Waals surface area contributed by atoms with Crippen molar-refractivity contribution in [2.75, 3.05) is 0 Å². The molecule has 7 heteroatoms. The summed E-state index contributed by atoms with van der Waals surface area (Å²) in [4.78, 5) is 11.5. The van der Waals surface area contributed by atoms with Crippen LogP contribution in [0.5, 0.6) is 0 Å². The van der Waals surface area contributed by atoms with Crippen LogP contribution in [0.15, 0.2) is 24.3 Å². The molecule has 0 spiro atoms. The van der Waals surface area contributed by atoms with E-state index in [1.165, 1.54) is 0 Å². The lowest BCUT2D eigenvalue weighted by atomic mass is 9.97. The average Bonchev–Trinajstić information content (AvgIpc) is 2.70. The van der Waals surface area contributed by atoms with Crippen molar-refractivity contribution in [3.05, 3.63) is 34.9 Å². The highest BCUT2D eigenvalue weighted by molar-refractivity contribution is 6.30. The van der Waals surface area contributed by atoms with Crippen molar-refractivity contribution in [2.24, 2.45) is 0 Å². The summed E-state index contributed by atoms with van der Waals surface area (Å²) in [5.41, 5.74) is 2.55. The largest absolute Gasteiger partial charge is 0.405 e. The van der Waals surface area contributed by atoms with E-state index in [0.29, 0.717) is 24.3 Å². The zero-order valence-corrected chi connectivity index (χ0v) is 14.5. The summed E-state index contributed by atoms with van der Waals surface area (Å²) >= 11 is 5.90. The Bertz CT molecular complexity index is 589. The molecule has 1 aliphatic rings. The number of aryl methyl sites for hydroxylation is 1. The Labute approximate surface area is 145 Å². The Balaban J connectivity index is 1.94. The van der Waals surface area contributed by atoms with Crippen molar-refractivity contribution >= 4 is 17.5 Å². The predicted molar refractivity (Wildman–Crippen MR) is 87.5 cm³/mol. The van der Waals surface area contributed by atoms with Crippen molar-refractivity contribution in [2.45, 2.75) is 63.7 Å². The van der Waals surface area contributed by atoms with Gasteiger partial charge in [0.05, 0.1) is 0 Å². The van der Waals surface area contributed by atoms with Gasteiger partial charge in [-0.15, -0.1) is 0 Å². The summed E-state index contributed by atoms with van der Waals surface area (Å²) in [5.74, 6) is -0.367. The van der Waals surface area contributed by atoms with Gasteiger partial charge in [-0.05, 0) is 50.8 Å². The fraction of sp³-hybridized carbons (Fsp3) is 0.588. The van der Waals surface area contributed by atoms with Crippen LogP contribution in [0.3, 0.4) is 0 Å². The number of nitrogens with zero attached hydrogens (tertiary/aromatic N) is 1. The van der Waals surface area contributed by atoms with Crippen molar-refractivity contribution in [1.82, 2.24) is 10.4 Å². The first-order valence-electron chi connectivity index (χ1n) is 7.99. The first-order chi connectivity index (χ1) is 11.1. The molecule has 1 heterocycles. The number of nitrogens with one attached hydrogen (secondary N) is 1. The Morgan fingerprint density at radius 2 is 2.04 bits per heavy atom. The van der Waals surface area contributed by atoms with Crippen molar-refractivity contribution < 1.29 is 18.0 Å². The van der Waals surface area contributed by atoms with Gasteiger partial charge in [-0.1, -0.05) is 30.2 Å². The molecule has 0 aliphatic carbocycles. The van der Waals surface area contributed by atoms with Crippen molar-refractivity contribution in [3.8, 4) is 0 Å². The maximum Gasteiger partial charge on any atom is 0.405 e. The number of amides is 1. The van der Waals surface area contributed by atoms with E-state index in [9.17, 15) is 18.0 Å². The third kappa shape index (κ3) is 4.86. The Morgan fingerprint density at radius 3 is 2.58 bits per heavy atom. The minimum atomic E-state index is -4.38. The smallest absolute Gasteiger partial charge is 0.288 e. The number of hydrogen-bond donors (Lipinski definition) is 1. The van der Waals surface area contributed by atoms with Crippen molar-refractivity contribution in [3.63, 3.8) is 0 Å². The van der Waals surface area contributed by atoms with Gasteiger partial charge >= 0.3 is 6.18 Å². The van der Waals surface area contributed by atoms with Crippen molar-refractivity contribution in [1.29, 1.82) is 0 Å². The molecule has 1 aliphatic heterocycles. The molecular weight excluding hydrogens is 341 g/mol. The van der Waals surface area contributed by atoms with Crippen LogP contribution in [0.4, 0.5) is 13.2 Å². The number of carbonyl (C=O) groups excluding carboxylic acids is 1. The van der Waals surface area contributed by atoms with Crippen LogP contribution in [0.25, 0.3) is 0 Å². The number of unbranched alkanes of at least 4 members (excludes halogenated alkanes) is 1. The maximum atomic E-state index is 13.4. The highest BCUT2D eigenvalue weighted by Gasteiger charge is 2.51. The van der Waals surface area contributed by atoms with Gasteiger partial charge in [-0.2, -0.15) is 13.2 Å². The fourth-order valence-corrected chi connectivity index (χ4v) is 3.31. The second-order valence-corrected chi connectivity index (χ2v) is 7.26. The molecule has 24 heavy (non-hydrogen) atoms. The van der Waals surface area contributed by atoms with Gasteiger partial charge < -0.3 is 0 Å². The first-order valence-corrected chi connectivity index (χ1v) is 8.37. The quantitative estimate of drug-likeness (QED) is 0.756. The lowest BCUT2D eigenvalue weighted by Gasteiger charge is -2.37. The van der Waals surface area contributed by atoms with E-state index >= 15 is 0 Å². The van der Waals surface area contributed by atoms with E-state index in [0.717, 1.165) is 10.6 Å². The SMILES string of the molecule is CC1(C)CC(=O)NN1C(CCCCc1cccc(Cl)c1)C(F)(F)F. The highest BCUT2D eigenvalue weighted by Crippen LogP contribution is 2.35. The molecule has 134 valence electrons. The summed E-state index contributed by atoms with van der Waals surface area (Å²) in [5, 5.41) is 1.71. The zero-order valence-electron chi connectivity index (χ0n) is 13.8. The predicted octanol–water partition coefficient (Wildman–Crippen LogP) is 4.50. The van der Waals surface area contributed by atoms with E-state index in [4.69, 9.17) is 11.6 Å². The van der Waals surface area contributed by atoms with Crippen LogP contribution in [0.2, 0.25) is 5.02 Å². The molecular formula is C17H22ClF3N2O. The number of benzene rings is 1. The van der Waals surface area contributed by atoms with Gasteiger partial charge in [0.15, 0.2) is 0 Å². The second-order valence-electron chi connectivity index (χ2n) is 6.83. The van der Waals surface area contributed by atoms with Crippen LogP contribution in [0.1, 0.15) is 45.1 Å². The van der Waals surface area contributed by atoms with E-state index in [1.807, 2.05) is 18.2 Å². The maximum absolute atomic E-state index is 13.4. The monoisotopic (exact) mass is 362 g/mol. The average molecular weight is 363 g/mol. The van der Waals surface area contributed by atoms with Gasteiger partial charge in [0.25, 0.3) is 0 Å². The summed E-state index contributed by atoms with van der Waals surface area (Å²) in [6, 6.07) is 5.67. The van der Waals surface area contributed by atoms with Gasteiger partial charge in [-0.3, -0.25) is 10.2 Å². The first kappa shape index (κ1) is 19.1. The van der Waals surface area contributed by atoms with Gasteiger partial charge in [0, 0.05) is 17.0 Å². The van der Waals surface area contributed by atoms with Crippen LogP contribution in [0, 0.1) is 0 Å². The highest BCUT2D eigenvalue weighted by atomic mass is 35.5. The van der Waals surface area contributed by atoms with Crippen LogP contribution in [-0.2, 0) is 11.2 Å². The molecule has 1 aromatic carbocycles.